The van der Waals surface area contributed by atoms with Crippen molar-refractivity contribution >= 4 is 16.6 Å². The second-order valence-corrected chi connectivity index (χ2v) is 5.82. The second-order valence-electron chi connectivity index (χ2n) is 5.82. The third kappa shape index (κ3) is 3.10. The first-order chi connectivity index (χ1) is 10.3. The zero-order valence-electron chi connectivity index (χ0n) is 12.6. The van der Waals surface area contributed by atoms with Crippen molar-refractivity contribution in [3.8, 4) is 5.75 Å². The van der Waals surface area contributed by atoms with E-state index >= 15 is 0 Å². The summed E-state index contributed by atoms with van der Waals surface area (Å²) in [5, 5.41) is 0.995. The van der Waals surface area contributed by atoms with Crippen molar-refractivity contribution in [2.45, 2.75) is 31.7 Å². The number of nitrogens with zero attached hydrogens (tertiary/aromatic N) is 2. The molecule has 0 spiro atoms. The van der Waals surface area contributed by atoms with Gasteiger partial charge in [0.1, 0.15) is 5.75 Å². The number of ether oxygens (including phenoxy) is 1. The van der Waals surface area contributed by atoms with Gasteiger partial charge >= 0.3 is 0 Å². The summed E-state index contributed by atoms with van der Waals surface area (Å²) >= 11 is 0. The minimum absolute atomic E-state index is 0.650. The summed E-state index contributed by atoms with van der Waals surface area (Å²) in [4.78, 5) is 6.79. The van der Waals surface area contributed by atoms with Gasteiger partial charge in [-0.05, 0) is 57.1 Å². The summed E-state index contributed by atoms with van der Waals surface area (Å²) in [6, 6.07) is 8.41. The molecule has 21 heavy (non-hydrogen) atoms. The van der Waals surface area contributed by atoms with Gasteiger partial charge in [0.2, 0.25) is 0 Å². The van der Waals surface area contributed by atoms with Gasteiger partial charge < -0.3 is 15.4 Å². The van der Waals surface area contributed by atoms with Gasteiger partial charge in [-0.15, -0.1) is 0 Å². The number of likely N-dealkylation sites (tertiary alicyclic amines) is 1. The number of aromatic nitrogens is 1. The molecular weight excluding hydrogens is 262 g/mol. The zero-order chi connectivity index (χ0) is 14.7. The van der Waals surface area contributed by atoms with Crippen molar-refractivity contribution in [2.75, 3.05) is 25.9 Å². The number of benzene rings is 1. The van der Waals surface area contributed by atoms with Crippen LogP contribution in [0, 0.1) is 0 Å². The molecule has 1 aliphatic rings. The zero-order valence-corrected chi connectivity index (χ0v) is 12.6. The minimum atomic E-state index is 0.650. The highest BCUT2D eigenvalue weighted by Crippen LogP contribution is 2.28. The van der Waals surface area contributed by atoms with Crippen LogP contribution in [-0.4, -0.2) is 36.1 Å². The molecule has 1 aromatic carbocycles. The average molecular weight is 285 g/mol. The van der Waals surface area contributed by atoms with Gasteiger partial charge in [0.05, 0.1) is 17.8 Å². The Morgan fingerprint density at radius 1 is 1.33 bits per heavy atom. The molecule has 2 aromatic rings. The molecule has 0 bridgehead atoms. The summed E-state index contributed by atoms with van der Waals surface area (Å²) in [5.74, 6) is 0.880. The van der Waals surface area contributed by atoms with Crippen LogP contribution >= 0.6 is 0 Å². The molecule has 112 valence electrons. The quantitative estimate of drug-likeness (QED) is 0.877. The summed E-state index contributed by atoms with van der Waals surface area (Å²) in [6.45, 7) is 1.95. The maximum Gasteiger partial charge on any atom is 0.128 e. The second kappa shape index (κ2) is 6.31. The molecule has 2 N–H and O–H groups in total. The molecule has 1 aliphatic heterocycles. The number of fused-ring (bicyclic) bond motifs is 1. The highest BCUT2D eigenvalue weighted by Gasteiger charge is 2.18. The molecule has 1 saturated heterocycles. The Morgan fingerprint density at radius 2 is 2.24 bits per heavy atom. The van der Waals surface area contributed by atoms with Gasteiger partial charge in [-0.25, -0.2) is 0 Å². The molecule has 1 fully saturated rings. The van der Waals surface area contributed by atoms with Gasteiger partial charge in [-0.2, -0.15) is 0 Å². The van der Waals surface area contributed by atoms with Crippen LogP contribution in [0.25, 0.3) is 10.9 Å². The molecule has 0 radical (unpaired) electrons. The Labute approximate surface area is 125 Å². The van der Waals surface area contributed by atoms with E-state index in [1.807, 2.05) is 24.3 Å². The molecule has 0 amide bonds. The van der Waals surface area contributed by atoms with Gasteiger partial charge in [-0.1, -0.05) is 6.42 Å². The number of nitrogen functional groups attached to an aromatic ring is 1. The highest BCUT2D eigenvalue weighted by molar-refractivity contribution is 5.93. The van der Waals surface area contributed by atoms with Crippen molar-refractivity contribution in [1.29, 1.82) is 0 Å². The van der Waals surface area contributed by atoms with Gasteiger partial charge in [0, 0.05) is 17.6 Å². The van der Waals surface area contributed by atoms with Gasteiger partial charge in [0.25, 0.3) is 0 Å². The first kappa shape index (κ1) is 14.1. The van der Waals surface area contributed by atoms with Crippen LogP contribution in [0.2, 0.25) is 0 Å². The molecule has 1 aromatic heterocycles. The largest absolute Gasteiger partial charge is 0.493 e. The topological polar surface area (TPSA) is 51.4 Å². The summed E-state index contributed by atoms with van der Waals surface area (Å²) in [7, 11) is 2.21. The number of hydrogen-bond acceptors (Lipinski definition) is 4. The van der Waals surface area contributed by atoms with Gasteiger partial charge in [-0.3, -0.25) is 4.98 Å². The van der Waals surface area contributed by atoms with Crippen LogP contribution in [0.15, 0.2) is 30.5 Å². The van der Waals surface area contributed by atoms with E-state index in [2.05, 4.69) is 16.9 Å². The van der Waals surface area contributed by atoms with E-state index < -0.39 is 0 Å². The number of pyridine rings is 1. The van der Waals surface area contributed by atoms with E-state index in [9.17, 15) is 0 Å². The lowest BCUT2D eigenvalue weighted by atomic mass is 10.0. The fraction of sp³-hybridized carbons (Fsp3) is 0.471. The first-order valence-corrected chi connectivity index (χ1v) is 7.72. The minimum Gasteiger partial charge on any atom is -0.493 e. The predicted molar refractivity (Wildman–Crippen MR) is 86.5 cm³/mol. The maximum absolute atomic E-state index is 6.00. The molecule has 4 nitrogen and oxygen atoms in total. The third-order valence-electron chi connectivity index (χ3n) is 4.39. The Balaban J connectivity index is 1.67. The van der Waals surface area contributed by atoms with Crippen LogP contribution in [0.5, 0.6) is 5.75 Å². The monoisotopic (exact) mass is 285 g/mol. The molecule has 2 heterocycles. The van der Waals surface area contributed by atoms with Crippen LogP contribution in [-0.2, 0) is 0 Å². The van der Waals surface area contributed by atoms with E-state index in [0.29, 0.717) is 11.7 Å². The van der Waals surface area contributed by atoms with Gasteiger partial charge in [0.15, 0.2) is 0 Å². The smallest absolute Gasteiger partial charge is 0.128 e. The average Bonchev–Trinajstić information content (AvgIpc) is 2.52. The van der Waals surface area contributed by atoms with Crippen LogP contribution in [0.3, 0.4) is 0 Å². The van der Waals surface area contributed by atoms with Crippen LogP contribution < -0.4 is 10.5 Å². The van der Waals surface area contributed by atoms with Crippen LogP contribution in [0.4, 0.5) is 5.69 Å². The lowest BCUT2D eigenvalue weighted by molar-refractivity contribution is 0.153. The van der Waals surface area contributed by atoms with Crippen molar-refractivity contribution in [3.63, 3.8) is 0 Å². The normalized spacial score (nSPS) is 19.8. The molecular formula is C17H23N3O. The summed E-state index contributed by atoms with van der Waals surface area (Å²) in [6.07, 6.45) is 6.78. The molecule has 1 atom stereocenters. The number of piperidine rings is 1. The Hall–Kier alpha value is -1.81. The molecule has 3 rings (SSSR count). The third-order valence-corrected chi connectivity index (χ3v) is 4.39. The Kier molecular flexibility index (Phi) is 4.25. The van der Waals surface area contributed by atoms with Crippen molar-refractivity contribution in [3.05, 3.63) is 30.5 Å². The number of nitrogens with two attached hydrogens (primary N) is 1. The summed E-state index contributed by atoms with van der Waals surface area (Å²) < 4.78 is 6.00. The standard InChI is InChI=1S/C17H23N3O/c1-20-11-3-2-5-13(20)9-12-21-16-8-7-15(18)17-14(16)6-4-10-19-17/h4,6-8,10,13H,2-3,5,9,11-12,18H2,1H3. The Bertz CT molecular complexity index is 614. The molecule has 1 unspecified atom stereocenters. The Morgan fingerprint density at radius 3 is 3.10 bits per heavy atom. The first-order valence-electron chi connectivity index (χ1n) is 7.72. The lowest BCUT2D eigenvalue weighted by Crippen LogP contribution is -2.37. The van der Waals surface area contributed by atoms with E-state index in [4.69, 9.17) is 10.5 Å². The predicted octanol–water partition coefficient (Wildman–Crippen LogP) is 3.07. The number of rotatable bonds is 4. The molecule has 0 saturated carbocycles. The summed E-state index contributed by atoms with van der Waals surface area (Å²) in [5.41, 5.74) is 7.49. The van der Waals surface area contributed by atoms with Crippen molar-refractivity contribution < 1.29 is 4.74 Å². The van der Waals surface area contributed by atoms with Crippen molar-refractivity contribution in [2.24, 2.45) is 0 Å². The molecule has 0 aliphatic carbocycles. The van der Waals surface area contributed by atoms with E-state index in [1.165, 1.54) is 25.8 Å². The fourth-order valence-corrected chi connectivity index (χ4v) is 3.11. The van der Waals surface area contributed by atoms with Crippen LogP contribution in [0.1, 0.15) is 25.7 Å². The highest BCUT2D eigenvalue weighted by atomic mass is 16.5. The maximum atomic E-state index is 6.00. The van der Waals surface area contributed by atoms with E-state index in [0.717, 1.165) is 29.7 Å². The lowest BCUT2D eigenvalue weighted by Gasteiger charge is -2.32. The van der Waals surface area contributed by atoms with E-state index in [-0.39, 0.29) is 0 Å². The van der Waals surface area contributed by atoms with Crippen molar-refractivity contribution in [1.82, 2.24) is 9.88 Å². The fourth-order valence-electron chi connectivity index (χ4n) is 3.11. The van der Waals surface area contributed by atoms with E-state index in [1.54, 1.807) is 6.20 Å². The number of anilines is 1. The number of hydrogen-bond donors (Lipinski definition) is 1. The molecule has 4 heteroatoms. The SMILES string of the molecule is CN1CCCCC1CCOc1ccc(N)c2ncccc12.